The van der Waals surface area contributed by atoms with E-state index in [4.69, 9.17) is 0 Å². The number of hydrogen-bond donors (Lipinski definition) is 3. The van der Waals surface area contributed by atoms with Crippen LogP contribution >= 0.6 is 0 Å². The standard InChI is InChI=1S/C24H27N3O4/c1-26-20-9-5-3-7-18(20)21(22(29)24(26)31)23(30)25-14-17-6-2-4-8-19(17)27-12-10-16(15-28)11-13-27/h2-9,16,28-29H,10-15H2,1H3,(H,25,30). The normalized spacial score (nSPS) is 14.7. The van der Waals surface area contributed by atoms with Crippen LogP contribution in [0.15, 0.2) is 53.3 Å². The number of para-hydroxylation sites is 2. The van der Waals surface area contributed by atoms with Gasteiger partial charge in [0.2, 0.25) is 0 Å². The van der Waals surface area contributed by atoms with Crippen LogP contribution in [0.4, 0.5) is 5.69 Å². The third-order valence-corrected chi connectivity index (χ3v) is 6.15. The first-order chi connectivity index (χ1) is 15.0. The molecule has 0 unspecified atom stereocenters. The van der Waals surface area contributed by atoms with Gasteiger partial charge in [0.05, 0.1) is 11.1 Å². The molecule has 3 N–H and O–H groups in total. The van der Waals surface area contributed by atoms with Gasteiger partial charge in [-0.05, 0) is 36.5 Å². The van der Waals surface area contributed by atoms with Crippen LogP contribution in [0.5, 0.6) is 5.75 Å². The highest BCUT2D eigenvalue weighted by Gasteiger charge is 2.22. The van der Waals surface area contributed by atoms with Gasteiger partial charge in [-0.15, -0.1) is 0 Å². The molecule has 0 aliphatic carbocycles. The summed E-state index contributed by atoms with van der Waals surface area (Å²) in [7, 11) is 1.57. The fourth-order valence-electron chi connectivity index (χ4n) is 4.30. The Morgan fingerprint density at radius 3 is 2.52 bits per heavy atom. The summed E-state index contributed by atoms with van der Waals surface area (Å²) in [6, 6.07) is 14.9. The van der Waals surface area contributed by atoms with Crippen molar-refractivity contribution in [3.05, 3.63) is 70.0 Å². The van der Waals surface area contributed by atoms with Gasteiger partial charge in [0.15, 0.2) is 5.75 Å². The van der Waals surface area contributed by atoms with E-state index in [2.05, 4.69) is 10.2 Å². The van der Waals surface area contributed by atoms with Gasteiger partial charge < -0.3 is 25.0 Å². The molecule has 1 saturated heterocycles. The van der Waals surface area contributed by atoms with Crippen LogP contribution in [0.2, 0.25) is 0 Å². The monoisotopic (exact) mass is 421 g/mol. The Balaban J connectivity index is 1.58. The summed E-state index contributed by atoms with van der Waals surface area (Å²) in [6.07, 6.45) is 1.87. The molecule has 2 aromatic carbocycles. The predicted octanol–water partition coefficient (Wildman–Crippen LogP) is 2.38. The first-order valence-electron chi connectivity index (χ1n) is 10.5. The number of aromatic nitrogens is 1. The van der Waals surface area contributed by atoms with E-state index in [1.165, 1.54) is 4.57 Å². The van der Waals surface area contributed by atoms with Gasteiger partial charge in [0.25, 0.3) is 11.5 Å². The highest BCUT2D eigenvalue weighted by Crippen LogP contribution is 2.27. The van der Waals surface area contributed by atoms with Crippen LogP contribution < -0.4 is 15.8 Å². The molecule has 7 nitrogen and oxygen atoms in total. The highest BCUT2D eigenvalue weighted by molar-refractivity contribution is 6.08. The summed E-state index contributed by atoms with van der Waals surface area (Å²) in [5, 5.41) is 23.2. The molecule has 7 heteroatoms. The zero-order chi connectivity index (χ0) is 22.0. The van der Waals surface area contributed by atoms with Crippen LogP contribution in [0, 0.1) is 5.92 Å². The lowest BCUT2D eigenvalue weighted by molar-refractivity contribution is 0.0949. The Kier molecular flexibility index (Phi) is 5.95. The van der Waals surface area contributed by atoms with Crippen molar-refractivity contribution in [3.8, 4) is 5.75 Å². The number of nitrogens with zero attached hydrogens (tertiary/aromatic N) is 2. The Labute approximate surface area is 180 Å². The fourth-order valence-corrected chi connectivity index (χ4v) is 4.30. The maximum Gasteiger partial charge on any atom is 0.293 e. The number of aliphatic hydroxyl groups is 1. The van der Waals surface area contributed by atoms with Crippen molar-refractivity contribution in [1.82, 2.24) is 9.88 Å². The van der Waals surface area contributed by atoms with Crippen LogP contribution in [-0.2, 0) is 13.6 Å². The number of hydrogen-bond acceptors (Lipinski definition) is 5. The van der Waals surface area contributed by atoms with E-state index in [0.717, 1.165) is 37.2 Å². The van der Waals surface area contributed by atoms with Crippen molar-refractivity contribution >= 4 is 22.5 Å². The Morgan fingerprint density at radius 1 is 1.10 bits per heavy atom. The second kappa shape index (κ2) is 8.81. The number of amides is 1. The molecule has 1 aliphatic rings. The third-order valence-electron chi connectivity index (χ3n) is 6.15. The van der Waals surface area contributed by atoms with Crippen LogP contribution in [-0.4, -0.2) is 40.4 Å². The summed E-state index contributed by atoms with van der Waals surface area (Å²) in [5.74, 6) is -0.682. The number of carbonyl (C=O) groups excluding carboxylic acids is 1. The van der Waals surface area contributed by atoms with E-state index in [9.17, 15) is 19.8 Å². The van der Waals surface area contributed by atoms with E-state index >= 15 is 0 Å². The van der Waals surface area contributed by atoms with Crippen molar-refractivity contribution in [2.75, 3.05) is 24.6 Å². The number of aliphatic hydroxyl groups excluding tert-OH is 1. The molecule has 3 aromatic rings. The summed E-state index contributed by atoms with van der Waals surface area (Å²) < 4.78 is 1.34. The third kappa shape index (κ3) is 4.01. The Hall–Kier alpha value is -3.32. The molecule has 4 rings (SSSR count). The molecule has 0 saturated carbocycles. The van der Waals surface area contributed by atoms with E-state index in [-0.39, 0.29) is 18.7 Å². The average Bonchev–Trinajstić information content (AvgIpc) is 2.82. The minimum atomic E-state index is -0.601. The summed E-state index contributed by atoms with van der Waals surface area (Å²) >= 11 is 0. The molecule has 1 amide bonds. The molecule has 0 atom stereocenters. The lowest BCUT2D eigenvalue weighted by atomic mass is 9.97. The van der Waals surface area contributed by atoms with Crippen molar-refractivity contribution in [1.29, 1.82) is 0 Å². The number of piperidine rings is 1. The molecular weight excluding hydrogens is 394 g/mol. The number of pyridine rings is 1. The van der Waals surface area contributed by atoms with Gasteiger partial charge in [-0.25, -0.2) is 0 Å². The molecule has 0 radical (unpaired) electrons. The van der Waals surface area contributed by atoms with Gasteiger partial charge in [-0.1, -0.05) is 36.4 Å². The largest absolute Gasteiger partial charge is 0.502 e. The molecule has 31 heavy (non-hydrogen) atoms. The molecule has 1 fully saturated rings. The summed E-state index contributed by atoms with van der Waals surface area (Å²) in [4.78, 5) is 27.7. The number of nitrogens with one attached hydrogen (secondary N) is 1. The minimum Gasteiger partial charge on any atom is -0.502 e. The number of rotatable bonds is 5. The van der Waals surface area contributed by atoms with Gasteiger partial charge in [-0.2, -0.15) is 0 Å². The van der Waals surface area contributed by atoms with Crippen molar-refractivity contribution in [3.63, 3.8) is 0 Å². The van der Waals surface area contributed by atoms with Crippen LogP contribution in [0.25, 0.3) is 10.9 Å². The topological polar surface area (TPSA) is 94.8 Å². The van der Waals surface area contributed by atoms with Gasteiger partial charge in [0.1, 0.15) is 0 Å². The average molecular weight is 421 g/mol. The maximum absolute atomic E-state index is 13.0. The molecule has 0 spiro atoms. The molecule has 1 aromatic heterocycles. The smallest absolute Gasteiger partial charge is 0.293 e. The van der Waals surface area contributed by atoms with E-state index in [1.807, 2.05) is 24.3 Å². The minimum absolute atomic E-state index is 0.0000544. The number of anilines is 1. The van der Waals surface area contributed by atoms with Gasteiger partial charge >= 0.3 is 0 Å². The number of fused-ring (bicyclic) bond motifs is 1. The fraction of sp³-hybridized carbons (Fsp3) is 0.333. The zero-order valence-corrected chi connectivity index (χ0v) is 17.5. The molecule has 1 aliphatic heterocycles. The van der Waals surface area contributed by atoms with Crippen molar-refractivity contribution in [2.24, 2.45) is 13.0 Å². The lowest BCUT2D eigenvalue weighted by Gasteiger charge is -2.34. The van der Waals surface area contributed by atoms with E-state index in [0.29, 0.717) is 16.8 Å². The van der Waals surface area contributed by atoms with Gasteiger partial charge in [-0.3, -0.25) is 9.59 Å². The maximum atomic E-state index is 13.0. The number of aryl methyl sites for hydroxylation is 1. The first kappa shape index (κ1) is 20.9. The summed E-state index contributed by atoms with van der Waals surface area (Å²) in [6.45, 7) is 2.21. The Morgan fingerprint density at radius 2 is 1.77 bits per heavy atom. The molecule has 0 bridgehead atoms. The van der Waals surface area contributed by atoms with Crippen molar-refractivity contribution < 1.29 is 15.0 Å². The SMILES string of the molecule is Cn1c(=O)c(O)c(C(=O)NCc2ccccc2N2CCC(CO)CC2)c2ccccc21. The lowest BCUT2D eigenvalue weighted by Crippen LogP contribution is -2.36. The quantitative estimate of drug-likeness (QED) is 0.588. The molecule has 2 heterocycles. The number of benzene rings is 2. The van der Waals surface area contributed by atoms with Gasteiger partial charge in [0, 0.05) is 44.4 Å². The second-order valence-corrected chi connectivity index (χ2v) is 8.03. The number of carbonyl (C=O) groups is 1. The molecule has 162 valence electrons. The zero-order valence-electron chi connectivity index (χ0n) is 17.5. The van der Waals surface area contributed by atoms with E-state index < -0.39 is 17.2 Å². The van der Waals surface area contributed by atoms with E-state index in [1.54, 1.807) is 31.3 Å². The highest BCUT2D eigenvalue weighted by atomic mass is 16.3. The second-order valence-electron chi connectivity index (χ2n) is 8.03. The van der Waals surface area contributed by atoms with Crippen molar-refractivity contribution in [2.45, 2.75) is 19.4 Å². The van der Waals surface area contributed by atoms with Crippen LogP contribution in [0.3, 0.4) is 0 Å². The predicted molar refractivity (Wildman–Crippen MR) is 120 cm³/mol. The Bertz CT molecular complexity index is 1160. The summed E-state index contributed by atoms with van der Waals surface area (Å²) in [5.41, 5.74) is 2.00. The molecular formula is C24H27N3O4. The first-order valence-corrected chi connectivity index (χ1v) is 10.5. The van der Waals surface area contributed by atoms with Crippen LogP contribution in [0.1, 0.15) is 28.8 Å². The number of aromatic hydroxyl groups is 1.